The maximum Gasteiger partial charge on any atom is 0.233 e. The van der Waals surface area contributed by atoms with Gasteiger partial charge in [0.2, 0.25) is 17.8 Å². The number of aryl methyl sites for hydroxylation is 2. The number of nitrogens with one attached hydrogen (secondary N) is 1. The minimum Gasteiger partial charge on any atom is -0.368 e. The van der Waals surface area contributed by atoms with Crippen LogP contribution in [0.2, 0.25) is 0 Å². The fourth-order valence-corrected chi connectivity index (χ4v) is 2.16. The average molecular weight is 286 g/mol. The third-order valence-corrected chi connectivity index (χ3v) is 3.32. The van der Waals surface area contributed by atoms with E-state index in [9.17, 15) is 0 Å². The molecular weight excluding hydrogens is 264 g/mol. The van der Waals surface area contributed by atoms with Crippen molar-refractivity contribution >= 4 is 23.5 Å². The van der Waals surface area contributed by atoms with Crippen LogP contribution in [0.3, 0.4) is 0 Å². The minimum atomic E-state index is 0.221. The van der Waals surface area contributed by atoms with Gasteiger partial charge in [-0.3, -0.25) is 0 Å². The first kappa shape index (κ1) is 15.0. The second kappa shape index (κ2) is 6.39. The second-order valence-electron chi connectivity index (χ2n) is 4.93. The Hall–Kier alpha value is -2.37. The molecule has 0 radical (unpaired) electrons. The van der Waals surface area contributed by atoms with Gasteiger partial charge in [0.05, 0.1) is 0 Å². The molecule has 6 nitrogen and oxygen atoms in total. The summed E-state index contributed by atoms with van der Waals surface area (Å²) in [7, 11) is 0. The van der Waals surface area contributed by atoms with E-state index in [0.717, 1.165) is 24.3 Å². The van der Waals surface area contributed by atoms with Crippen LogP contribution in [0.25, 0.3) is 0 Å². The molecule has 0 unspecified atom stereocenters. The Balaban J connectivity index is 2.31. The minimum absolute atomic E-state index is 0.221. The van der Waals surface area contributed by atoms with Gasteiger partial charge in [0, 0.05) is 18.8 Å². The van der Waals surface area contributed by atoms with Gasteiger partial charge in [0.1, 0.15) is 0 Å². The Morgan fingerprint density at radius 3 is 2.43 bits per heavy atom. The van der Waals surface area contributed by atoms with Crippen LogP contribution < -0.4 is 16.0 Å². The molecule has 0 fully saturated rings. The normalized spacial score (nSPS) is 10.5. The van der Waals surface area contributed by atoms with Crippen LogP contribution in [0.5, 0.6) is 0 Å². The molecule has 2 rings (SSSR count). The van der Waals surface area contributed by atoms with Crippen molar-refractivity contribution in [2.45, 2.75) is 27.7 Å². The molecule has 21 heavy (non-hydrogen) atoms. The number of hydrogen-bond acceptors (Lipinski definition) is 6. The van der Waals surface area contributed by atoms with Crippen LogP contribution in [0, 0.1) is 13.8 Å². The SMILES string of the molecule is CCN(CC)c1nc(N)nc(Nc2ccc(C)cc2C)n1. The highest BCUT2D eigenvalue weighted by Gasteiger charge is 2.10. The molecule has 0 bridgehead atoms. The number of rotatable bonds is 5. The molecule has 112 valence electrons. The van der Waals surface area contributed by atoms with Crippen LogP contribution in [0.1, 0.15) is 25.0 Å². The van der Waals surface area contributed by atoms with Crippen molar-refractivity contribution in [3.05, 3.63) is 29.3 Å². The Morgan fingerprint density at radius 1 is 1.10 bits per heavy atom. The topological polar surface area (TPSA) is 80.0 Å². The molecule has 0 aliphatic carbocycles. The quantitative estimate of drug-likeness (QED) is 0.879. The lowest BCUT2D eigenvalue weighted by Crippen LogP contribution is -2.25. The summed E-state index contributed by atoms with van der Waals surface area (Å²) in [6.07, 6.45) is 0. The maximum atomic E-state index is 5.79. The molecule has 0 saturated heterocycles. The zero-order valence-electron chi connectivity index (χ0n) is 13.0. The van der Waals surface area contributed by atoms with E-state index in [1.54, 1.807) is 0 Å². The van der Waals surface area contributed by atoms with E-state index in [4.69, 9.17) is 5.73 Å². The van der Waals surface area contributed by atoms with Gasteiger partial charge in [-0.15, -0.1) is 0 Å². The molecule has 0 saturated carbocycles. The Morgan fingerprint density at radius 2 is 1.81 bits per heavy atom. The van der Waals surface area contributed by atoms with Gasteiger partial charge in [0.15, 0.2) is 0 Å². The summed E-state index contributed by atoms with van der Waals surface area (Å²) in [4.78, 5) is 14.8. The van der Waals surface area contributed by atoms with E-state index in [-0.39, 0.29) is 5.95 Å². The summed E-state index contributed by atoms with van der Waals surface area (Å²) in [6.45, 7) is 9.87. The van der Waals surface area contributed by atoms with E-state index in [2.05, 4.69) is 47.1 Å². The molecule has 0 spiro atoms. The van der Waals surface area contributed by atoms with E-state index < -0.39 is 0 Å². The molecule has 0 amide bonds. The lowest BCUT2D eigenvalue weighted by atomic mass is 10.1. The molecule has 2 aromatic rings. The highest BCUT2D eigenvalue weighted by Crippen LogP contribution is 2.21. The zero-order valence-corrected chi connectivity index (χ0v) is 13.0. The number of hydrogen-bond donors (Lipinski definition) is 2. The summed E-state index contributed by atoms with van der Waals surface area (Å²) in [6, 6.07) is 6.17. The van der Waals surface area contributed by atoms with Gasteiger partial charge in [-0.2, -0.15) is 15.0 Å². The smallest absolute Gasteiger partial charge is 0.233 e. The predicted molar refractivity (Wildman–Crippen MR) is 87.0 cm³/mol. The molecule has 1 aromatic heterocycles. The predicted octanol–water partition coefficient (Wildman–Crippen LogP) is 2.66. The average Bonchev–Trinajstić information content (AvgIpc) is 2.43. The zero-order chi connectivity index (χ0) is 15.4. The second-order valence-corrected chi connectivity index (χ2v) is 4.93. The van der Waals surface area contributed by atoms with Gasteiger partial charge in [0.25, 0.3) is 0 Å². The van der Waals surface area contributed by atoms with E-state index >= 15 is 0 Å². The van der Waals surface area contributed by atoms with Gasteiger partial charge in [-0.25, -0.2) is 0 Å². The van der Waals surface area contributed by atoms with Crippen LogP contribution in [0.4, 0.5) is 23.5 Å². The van der Waals surface area contributed by atoms with Crippen molar-refractivity contribution < 1.29 is 0 Å². The van der Waals surface area contributed by atoms with Crippen LogP contribution in [-0.2, 0) is 0 Å². The van der Waals surface area contributed by atoms with Crippen LogP contribution in [0.15, 0.2) is 18.2 Å². The standard InChI is InChI=1S/C15H22N6/c1-5-21(6-2)15-19-13(16)18-14(20-15)17-12-8-7-10(3)9-11(12)4/h7-9H,5-6H2,1-4H3,(H3,16,17,18,19,20). The first-order valence-corrected chi connectivity index (χ1v) is 7.14. The third kappa shape index (κ3) is 3.59. The fourth-order valence-electron chi connectivity index (χ4n) is 2.16. The summed E-state index contributed by atoms with van der Waals surface area (Å²) in [5.74, 6) is 1.29. The number of benzene rings is 1. The van der Waals surface area contributed by atoms with Gasteiger partial charge < -0.3 is 16.0 Å². The fraction of sp³-hybridized carbons (Fsp3) is 0.400. The van der Waals surface area contributed by atoms with Gasteiger partial charge in [-0.1, -0.05) is 17.7 Å². The number of aromatic nitrogens is 3. The van der Waals surface area contributed by atoms with Gasteiger partial charge >= 0.3 is 0 Å². The summed E-state index contributed by atoms with van der Waals surface area (Å²) in [5.41, 5.74) is 9.12. The summed E-state index contributed by atoms with van der Waals surface area (Å²) < 4.78 is 0. The lowest BCUT2D eigenvalue weighted by molar-refractivity contribution is 0.816. The van der Waals surface area contributed by atoms with E-state index in [0.29, 0.717) is 11.9 Å². The summed E-state index contributed by atoms with van der Waals surface area (Å²) in [5, 5.41) is 3.21. The maximum absolute atomic E-state index is 5.79. The van der Waals surface area contributed by atoms with Crippen molar-refractivity contribution in [2.24, 2.45) is 0 Å². The molecule has 0 aliphatic heterocycles. The number of anilines is 4. The lowest BCUT2D eigenvalue weighted by Gasteiger charge is -2.19. The third-order valence-electron chi connectivity index (χ3n) is 3.32. The van der Waals surface area contributed by atoms with Crippen molar-refractivity contribution in [1.29, 1.82) is 0 Å². The number of nitrogens with zero attached hydrogens (tertiary/aromatic N) is 4. The van der Waals surface area contributed by atoms with Crippen molar-refractivity contribution in [3.8, 4) is 0 Å². The molecule has 1 aromatic carbocycles. The Kier molecular flexibility index (Phi) is 4.57. The van der Waals surface area contributed by atoms with Crippen molar-refractivity contribution in [1.82, 2.24) is 15.0 Å². The van der Waals surface area contributed by atoms with Crippen LogP contribution >= 0.6 is 0 Å². The van der Waals surface area contributed by atoms with Crippen molar-refractivity contribution in [2.75, 3.05) is 29.0 Å². The number of nitrogen functional groups attached to an aromatic ring is 1. The molecule has 0 aliphatic rings. The van der Waals surface area contributed by atoms with Crippen LogP contribution in [-0.4, -0.2) is 28.0 Å². The van der Waals surface area contributed by atoms with Gasteiger partial charge in [-0.05, 0) is 39.3 Å². The first-order valence-electron chi connectivity index (χ1n) is 7.14. The highest BCUT2D eigenvalue weighted by molar-refractivity contribution is 5.60. The molecule has 1 heterocycles. The first-order chi connectivity index (χ1) is 10.0. The molecule has 0 atom stereocenters. The number of nitrogens with two attached hydrogens (primary N) is 1. The van der Waals surface area contributed by atoms with Crippen molar-refractivity contribution in [3.63, 3.8) is 0 Å². The molecule has 6 heteroatoms. The van der Waals surface area contributed by atoms with E-state index in [1.807, 2.05) is 24.0 Å². The Labute approximate surface area is 125 Å². The molecular formula is C15H22N6. The monoisotopic (exact) mass is 286 g/mol. The summed E-state index contributed by atoms with van der Waals surface area (Å²) >= 11 is 0. The van der Waals surface area contributed by atoms with E-state index in [1.165, 1.54) is 5.56 Å². The Bertz CT molecular complexity index is 622. The highest BCUT2D eigenvalue weighted by atomic mass is 15.3. The molecule has 3 N–H and O–H groups in total. The largest absolute Gasteiger partial charge is 0.368 e.